The van der Waals surface area contributed by atoms with Crippen LogP contribution >= 0.6 is 15.9 Å². The third-order valence-electron chi connectivity index (χ3n) is 4.76. The van der Waals surface area contributed by atoms with Crippen LogP contribution in [0.4, 0.5) is 4.39 Å². The summed E-state index contributed by atoms with van der Waals surface area (Å²) in [5.41, 5.74) is 3.77. The zero-order chi connectivity index (χ0) is 21.7. The second-order valence-electron chi connectivity index (χ2n) is 6.87. The van der Waals surface area contributed by atoms with Gasteiger partial charge in [-0.1, -0.05) is 28.1 Å². The van der Waals surface area contributed by atoms with E-state index in [2.05, 4.69) is 26.5 Å². The Bertz CT molecular complexity index is 1020. The van der Waals surface area contributed by atoms with E-state index in [1.54, 1.807) is 43.3 Å². The number of nitrogens with zero attached hydrogens (tertiary/aromatic N) is 3. The molecule has 0 radical (unpaired) electrons. The number of carbonyl (C=O) groups excluding carboxylic acids is 1. The molecule has 0 spiro atoms. The fraction of sp³-hybridized carbons (Fsp3) is 0.300. The molecular weight excluding hydrogens is 475 g/mol. The number of piperazine rings is 1. The van der Waals surface area contributed by atoms with Crippen LogP contribution in [0.2, 0.25) is 0 Å². The molecule has 0 atom stereocenters. The van der Waals surface area contributed by atoms with Gasteiger partial charge in [-0.25, -0.2) is 18.2 Å². The number of halogens is 2. The van der Waals surface area contributed by atoms with Crippen LogP contribution in [-0.4, -0.2) is 62.0 Å². The van der Waals surface area contributed by atoms with Gasteiger partial charge in [0.15, 0.2) is 0 Å². The van der Waals surface area contributed by atoms with E-state index >= 15 is 0 Å². The Kier molecular flexibility index (Phi) is 7.35. The maximum Gasteiger partial charge on any atom is 0.254 e. The lowest BCUT2D eigenvalue weighted by Crippen LogP contribution is -2.50. The second kappa shape index (κ2) is 9.78. The number of amides is 1. The molecule has 1 N–H and O–H groups in total. The summed E-state index contributed by atoms with van der Waals surface area (Å²) in [5, 5.41) is 4.05. The van der Waals surface area contributed by atoms with Crippen LogP contribution in [0.1, 0.15) is 12.5 Å². The molecule has 3 rings (SSSR count). The number of rotatable bonds is 6. The van der Waals surface area contributed by atoms with Gasteiger partial charge in [0.25, 0.3) is 5.91 Å². The lowest BCUT2D eigenvalue weighted by atomic mass is 10.1. The Balaban J connectivity index is 1.50. The zero-order valence-corrected chi connectivity index (χ0v) is 18.8. The molecule has 2 aromatic carbocycles. The van der Waals surface area contributed by atoms with Crippen LogP contribution in [0.5, 0.6) is 0 Å². The molecule has 1 fully saturated rings. The summed E-state index contributed by atoms with van der Waals surface area (Å²) in [5.74, 6) is -0.627. The topological polar surface area (TPSA) is 82.1 Å². The van der Waals surface area contributed by atoms with Crippen molar-refractivity contribution in [1.82, 2.24) is 14.6 Å². The van der Waals surface area contributed by atoms with Gasteiger partial charge in [0, 0.05) is 30.7 Å². The van der Waals surface area contributed by atoms with Crippen LogP contribution < -0.4 is 5.43 Å². The highest BCUT2D eigenvalue weighted by atomic mass is 79.9. The van der Waals surface area contributed by atoms with Gasteiger partial charge >= 0.3 is 0 Å². The van der Waals surface area contributed by atoms with Gasteiger partial charge in [0.05, 0.1) is 17.2 Å². The average Bonchev–Trinajstić information content (AvgIpc) is 2.73. The monoisotopic (exact) mass is 496 g/mol. The predicted molar refractivity (Wildman–Crippen MR) is 116 cm³/mol. The number of hydrogen-bond donors (Lipinski definition) is 1. The zero-order valence-electron chi connectivity index (χ0n) is 16.4. The van der Waals surface area contributed by atoms with Crippen molar-refractivity contribution >= 4 is 37.6 Å². The van der Waals surface area contributed by atoms with E-state index in [0.717, 1.165) is 4.47 Å². The predicted octanol–water partition coefficient (Wildman–Crippen LogP) is 2.43. The molecule has 7 nitrogen and oxygen atoms in total. The van der Waals surface area contributed by atoms with Gasteiger partial charge < -0.3 is 0 Å². The molecule has 0 saturated carbocycles. The minimum absolute atomic E-state index is 0.117. The summed E-state index contributed by atoms with van der Waals surface area (Å²) < 4.78 is 40.7. The lowest BCUT2D eigenvalue weighted by molar-refractivity contribution is -0.122. The van der Waals surface area contributed by atoms with E-state index in [9.17, 15) is 17.6 Å². The van der Waals surface area contributed by atoms with Crippen molar-refractivity contribution < 1.29 is 17.6 Å². The summed E-state index contributed by atoms with van der Waals surface area (Å²) >= 11 is 3.30. The molecule has 1 heterocycles. The first-order valence-electron chi connectivity index (χ1n) is 9.33. The summed E-state index contributed by atoms with van der Waals surface area (Å²) in [6.07, 6.45) is 0. The Morgan fingerprint density at radius 2 is 1.67 bits per heavy atom. The Morgan fingerprint density at radius 1 is 1.07 bits per heavy atom. The summed E-state index contributed by atoms with van der Waals surface area (Å²) in [4.78, 5) is 14.3. The molecule has 0 aliphatic carbocycles. The number of carbonyl (C=O) groups is 1. The standard InChI is InChI=1S/C20H22BrFN4O3S/c1-15(16-2-6-18(22)7-3-16)23-24-20(27)14-25-10-12-26(13-11-25)30(28,29)19-8-4-17(21)5-9-19/h2-9H,10-14H2,1H3,(H,24,27)/b23-15+. The third kappa shape index (κ3) is 5.72. The van der Waals surface area contributed by atoms with Crippen molar-refractivity contribution in [3.8, 4) is 0 Å². The molecule has 30 heavy (non-hydrogen) atoms. The first-order valence-corrected chi connectivity index (χ1v) is 11.6. The van der Waals surface area contributed by atoms with E-state index in [1.807, 2.05) is 4.90 Å². The molecule has 2 aromatic rings. The molecule has 10 heteroatoms. The lowest BCUT2D eigenvalue weighted by Gasteiger charge is -2.33. The Morgan fingerprint density at radius 3 is 2.27 bits per heavy atom. The van der Waals surface area contributed by atoms with Crippen LogP contribution in [0.15, 0.2) is 63.0 Å². The molecule has 1 saturated heterocycles. The van der Waals surface area contributed by atoms with Gasteiger partial charge in [-0.2, -0.15) is 9.41 Å². The fourth-order valence-electron chi connectivity index (χ4n) is 3.02. The number of sulfonamides is 1. The van der Waals surface area contributed by atoms with Crippen LogP contribution in [-0.2, 0) is 14.8 Å². The van der Waals surface area contributed by atoms with Gasteiger partial charge in [0.2, 0.25) is 10.0 Å². The van der Waals surface area contributed by atoms with E-state index < -0.39 is 10.0 Å². The molecule has 0 unspecified atom stereocenters. The molecule has 160 valence electrons. The highest BCUT2D eigenvalue weighted by Gasteiger charge is 2.29. The summed E-state index contributed by atoms with van der Waals surface area (Å²) in [7, 11) is -3.55. The largest absolute Gasteiger partial charge is 0.292 e. The maximum atomic E-state index is 13.0. The van der Waals surface area contributed by atoms with Gasteiger partial charge in [-0.05, 0) is 48.9 Å². The van der Waals surface area contributed by atoms with Crippen molar-refractivity contribution in [2.75, 3.05) is 32.7 Å². The highest BCUT2D eigenvalue weighted by molar-refractivity contribution is 9.10. The maximum absolute atomic E-state index is 13.0. The summed E-state index contributed by atoms with van der Waals surface area (Å²) in [6, 6.07) is 12.4. The SMILES string of the molecule is C/C(=N\NC(=O)CN1CCN(S(=O)(=O)c2ccc(Br)cc2)CC1)c1ccc(F)cc1. The van der Waals surface area contributed by atoms with Crippen LogP contribution in [0, 0.1) is 5.82 Å². The Labute approximate surface area is 183 Å². The number of nitrogens with one attached hydrogen (secondary N) is 1. The fourth-order valence-corrected chi connectivity index (χ4v) is 4.71. The molecule has 1 amide bonds. The van der Waals surface area contributed by atoms with Gasteiger partial charge in [-0.15, -0.1) is 0 Å². The first-order chi connectivity index (χ1) is 14.3. The molecule has 1 aliphatic rings. The molecule has 1 aliphatic heterocycles. The minimum Gasteiger partial charge on any atom is -0.292 e. The van der Waals surface area contributed by atoms with E-state index in [4.69, 9.17) is 0 Å². The van der Waals surface area contributed by atoms with Crippen molar-refractivity contribution in [2.45, 2.75) is 11.8 Å². The normalized spacial score (nSPS) is 16.4. The molecule has 0 bridgehead atoms. The molecular formula is C20H22BrFN4O3S. The van der Waals surface area contributed by atoms with Crippen molar-refractivity contribution in [3.63, 3.8) is 0 Å². The van der Waals surface area contributed by atoms with Crippen molar-refractivity contribution in [2.24, 2.45) is 5.10 Å². The van der Waals surface area contributed by atoms with Crippen LogP contribution in [0.3, 0.4) is 0 Å². The van der Waals surface area contributed by atoms with Crippen molar-refractivity contribution in [3.05, 3.63) is 64.4 Å². The number of hydrazone groups is 1. The average molecular weight is 497 g/mol. The number of benzene rings is 2. The van der Waals surface area contributed by atoms with Gasteiger partial charge in [-0.3, -0.25) is 9.69 Å². The smallest absolute Gasteiger partial charge is 0.254 e. The van der Waals surface area contributed by atoms with Crippen LogP contribution in [0.25, 0.3) is 0 Å². The molecule has 0 aromatic heterocycles. The third-order valence-corrected chi connectivity index (χ3v) is 7.20. The van der Waals surface area contributed by atoms with E-state index in [0.29, 0.717) is 37.5 Å². The quantitative estimate of drug-likeness (QED) is 0.491. The minimum atomic E-state index is -3.55. The van der Waals surface area contributed by atoms with E-state index in [1.165, 1.54) is 16.4 Å². The Hall–Kier alpha value is -2.14. The number of hydrogen-bond acceptors (Lipinski definition) is 5. The first kappa shape index (κ1) is 22.5. The highest BCUT2D eigenvalue weighted by Crippen LogP contribution is 2.20. The second-order valence-corrected chi connectivity index (χ2v) is 9.73. The summed E-state index contributed by atoms with van der Waals surface area (Å²) in [6.45, 7) is 3.35. The van der Waals surface area contributed by atoms with E-state index in [-0.39, 0.29) is 23.2 Å². The van der Waals surface area contributed by atoms with Gasteiger partial charge in [0.1, 0.15) is 5.82 Å². The van der Waals surface area contributed by atoms with Crippen molar-refractivity contribution in [1.29, 1.82) is 0 Å².